The number of hydrogen-bond acceptors (Lipinski definition) is 3. The van der Waals surface area contributed by atoms with Crippen LogP contribution in [0, 0.1) is 17.5 Å². The minimum Gasteiger partial charge on any atom is -0.449 e. The lowest BCUT2D eigenvalue weighted by Gasteiger charge is -2.18. The molecule has 0 aromatic heterocycles. The fourth-order valence-electron chi connectivity index (χ4n) is 2.35. The van der Waals surface area contributed by atoms with Crippen LogP contribution in [0.3, 0.4) is 0 Å². The highest BCUT2D eigenvalue weighted by Crippen LogP contribution is 2.12. The number of rotatable bonds is 5. The molecule has 9 heteroatoms. The van der Waals surface area contributed by atoms with Crippen molar-refractivity contribution >= 4 is 31.8 Å². The quantitative estimate of drug-likeness (QED) is 0.712. The van der Waals surface area contributed by atoms with E-state index in [4.69, 9.17) is 10.0 Å². The third-order valence-electron chi connectivity index (χ3n) is 3.49. The van der Waals surface area contributed by atoms with E-state index in [9.17, 15) is 18.0 Å². The predicted molar refractivity (Wildman–Crippen MR) is 86.6 cm³/mol. The van der Waals surface area contributed by atoms with E-state index in [0.717, 1.165) is 18.2 Å². The zero-order valence-corrected chi connectivity index (χ0v) is 12.9. The summed E-state index contributed by atoms with van der Waals surface area (Å²) in [7, 11) is 0.342. The number of carbonyl (C=O) groups excluding carboxylic acids is 1. The Bertz CT molecular complexity index is 774. The van der Waals surface area contributed by atoms with Gasteiger partial charge in [-0.05, 0) is 34.7 Å². The van der Waals surface area contributed by atoms with Gasteiger partial charge in [0.25, 0.3) is 5.91 Å². The first kappa shape index (κ1) is 18.1. The Hall–Kier alpha value is -2.25. The lowest BCUT2D eigenvalue weighted by atomic mass is 9.86. The molecule has 0 bridgehead atoms. The van der Waals surface area contributed by atoms with Crippen molar-refractivity contribution in [2.45, 2.75) is 6.54 Å². The summed E-state index contributed by atoms with van der Waals surface area (Å²) in [5.74, 6) is -3.45. The zero-order valence-electron chi connectivity index (χ0n) is 12.9. The second-order valence-corrected chi connectivity index (χ2v) is 5.38. The smallest absolute Gasteiger partial charge is 0.307 e. The van der Waals surface area contributed by atoms with Gasteiger partial charge in [-0.15, -0.1) is 0 Å². The minimum atomic E-state index is -1.13. The SMILES string of the molecule is CN(Cc1cc(F)c(F)c(BO)c1)C(=O)c1cc(F)cc(BO)c1. The maximum absolute atomic E-state index is 13.5. The first-order valence-corrected chi connectivity index (χ1v) is 7.09. The molecular weight excluding hydrogens is 321 g/mol. The normalized spacial score (nSPS) is 10.4. The molecule has 2 N–H and O–H groups in total. The van der Waals surface area contributed by atoms with Gasteiger partial charge < -0.3 is 14.9 Å². The average Bonchev–Trinajstić information content (AvgIpc) is 2.56. The second-order valence-electron chi connectivity index (χ2n) is 5.38. The van der Waals surface area contributed by atoms with E-state index in [1.165, 1.54) is 24.1 Å². The fourth-order valence-corrected chi connectivity index (χ4v) is 2.35. The van der Waals surface area contributed by atoms with Crippen LogP contribution in [0.4, 0.5) is 13.2 Å². The van der Waals surface area contributed by atoms with Crippen molar-refractivity contribution in [1.29, 1.82) is 0 Å². The van der Waals surface area contributed by atoms with Gasteiger partial charge in [0.1, 0.15) is 5.82 Å². The van der Waals surface area contributed by atoms with Crippen molar-refractivity contribution in [2.24, 2.45) is 0 Å². The molecule has 0 aliphatic heterocycles. The van der Waals surface area contributed by atoms with E-state index in [0.29, 0.717) is 0 Å². The lowest BCUT2D eigenvalue weighted by molar-refractivity contribution is 0.0784. The monoisotopic (exact) mass is 335 g/mol. The molecule has 0 fully saturated rings. The molecule has 0 saturated heterocycles. The van der Waals surface area contributed by atoms with E-state index in [1.54, 1.807) is 0 Å². The van der Waals surface area contributed by atoms with E-state index in [1.807, 2.05) is 0 Å². The van der Waals surface area contributed by atoms with Crippen molar-refractivity contribution in [2.75, 3.05) is 7.05 Å². The van der Waals surface area contributed by atoms with Crippen LogP contribution in [0.2, 0.25) is 0 Å². The molecule has 0 radical (unpaired) electrons. The molecule has 0 atom stereocenters. The summed E-state index contributed by atoms with van der Waals surface area (Å²) in [6.45, 7) is -0.0615. The molecule has 0 spiro atoms. The Morgan fingerprint density at radius 3 is 2.42 bits per heavy atom. The Labute approximate surface area is 138 Å². The Kier molecular flexibility index (Phi) is 5.69. The third-order valence-corrected chi connectivity index (χ3v) is 3.49. The number of halogens is 3. The summed E-state index contributed by atoms with van der Waals surface area (Å²) in [6, 6.07) is 5.68. The van der Waals surface area contributed by atoms with Gasteiger partial charge in [0.05, 0.1) is 0 Å². The Morgan fingerprint density at radius 1 is 1.08 bits per heavy atom. The molecule has 0 unspecified atom stereocenters. The highest BCUT2D eigenvalue weighted by Gasteiger charge is 2.17. The molecule has 2 rings (SSSR count). The summed E-state index contributed by atoms with van der Waals surface area (Å²) in [5, 5.41) is 18.1. The van der Waals surface area contributed by atoms with Crippen molar-refractivity contribution in [3.05, 3.63) is 58.9 Å². The van der Waals surface area contributed by atoms with Crippen molar-refractivity contribution in [1.82, 2.24) is 4.90 Å². The van der Waals surface area contributed by atoms with Crippen molar-refractivity contribution in [3.8, 4) is 0 Å². The largest absolute Gasteiger partial charge is 0.449 e. The van der Waals surface area contributed by atoms with Gasteiger partial charge in [0.2, 0.25) is 0 Å². The van der Waals surface area contributed by atoms with Gasteiger partial charge in [-0.25, -0.2) is 13.2 Å². The predicted octanol–water partition coefficient (Wildman–Crippen LogP) is -0.686. The first-order valence-electron chi connectivity index (χ1n) is 7.09. The van der Waals surface area contributed by atoms with Gasteiger partial charge >= 0.3 is 15.0 Å². The summed E-state index contributed by atoms with van der Waals surface area (Å²) in [4.78, 5) is 13.5. The van der Waals surface area contributed by atoms with Crippen molar-refractivity contribution < 1.29 is 28.0 Å². The van der Waals surface area contributed by atoms with Crippen LogP contribution in [0.1, 0.15) is 15.9 Å². The molecular formula is C15H14B2F3NO3. The highest BCUT2D eigenvalue weighted by atomic mass is 19.2. The molecule has 1 amide bonds. The summed E-state index contributed by atoms with van der Waals surface area (Å²) in [5.41, 5.74) is 0.361. The first-order chi connectivity index (χ1) is 11.3. The topological polar surface area (TPSA) is 60.8 Å². The minimum absolute atomic E-state index is 0.0338. The van der Waals surface area contributed by atoms with Crippen molar-refractivity contribution in [3.63, 3.8) is 0 Å². The van der Waals surface area contributed by atoms with Crippen LogP contribution in [-0.4, -0.2) is 42.9 Å². The molecule has 24 heavy (non-hydrogen) atoms. The van der Waals surface area contributed by atoms with E-state index < -0.39 is 38.3 Å². The van der Waals surface area contributed by atoms with E-state index in [2.05, 4.69) is 0 Å². The number of benzene rings is 2. The molecule has 2 aromatic carbocycles. The van der Waals surface area contributed by atoms with Crippen LogP contribution in [-0.2, 0) is 6.54 Å². The molecule has 0 aliphatic rings. The van der Waals surface area contributed by atoms with E-state index >= 15 is 0 Å². The van der Waals surface area contributed by atoms with Gasteiger partial charge in [-0.1, -0.05) is 12.1 Å². The van der Waals surface area contributed by atoms with Crippen LogP contribution >= 0.6 is 0 Å². The van der Waals surface area contributed by atoms with Gasteiger partial charge in [0, 0.05) is 19.2 Å². The molecule has 4 nitrogen and oxygen atoms in total. The highest BCUT2D eigenvalue weighted by molar-refractivity contribution is 6.46. The third kappa shape index (κ3) is 3.98. The maximum Gasteiger partial charge on any atom is 0.307 e. The van der Waals surface area contributed by atoms with Crippen LogP contribution in [0.25, 0.3) is 0 Å². The molecule has 124 valence electrons. The number of hydrogen-bond donors (Lipinski definition) is 2. The summed E-state index contributed by atoms with van der Waals surface area (Å²) in [6.07, 6.45) is 0. The van der Waals surface area contributed by atoms with Gasteiger partial charge in [-0.3, -0.25) is 4.79 Å². The molecule has 0 saturated carbocycles. The second kappa shape index (κ2) is 7.55. The molecule has 0 aliphatic carbocycles. The number of amides is 1. The fraction of sp³-hybridized carbons (Fsp3) is 0.133. The van der Waals surface area contributed by atoms with E-state index in [-0.39, 0.29) is 28.6 Å². The van der Waals surface area contributed by atoms with Gasteiger partial charge in [0.15, 0.2) is 11.6 Å². The number of carbonyl (C=O) groups is 1. The summed E-state index contributed by atoms with van der Waals surface area (Å²) < 4.78 is 40.3. The van der Waals surface area contributed by atoms with Crippen LogP contribution in [0.5, 0.6) is 0 Å². The Balaban J connectivity index is 2.23. The van der Waals surface area contributed by atoms with Crippen LogP contribution in [0.15, 0.2) is 30.3 Å². The van der Waals surface area contributed by atoms with Gasteiger partial charge in [-0.2, -0.15) is 0 Å². The zero-order chi connectivity index (χ0) is 17.9. The average molecular weight is 335 g/mol. The molecule has 2 aromatic rings. The standard InChI is InChI=1S/C15H14B2F3NO3/c1-21(7-8-2-12(17-24)14(20)13(19)3-8)15(22)9-4-10(16-23)6-11(18)5-9/h2-6,16-17,23-24H,7H2,1H3. The number of nitrogens with zero attached hydrogens (tertiary/aromatic N) is 1. The van der Waals surface area contributed by atoms with Crippen LogP contribution < -0.4 is 10.9 Å². The maximum atomic E-state index is 13.5. The summed E-state index contributed by atoms with van der Waals surface area (Å²) >= 11 is 0. The Morgan fingerprint density at radius 2 is 1.79 bits per heavy atom. The lowest BCUT2D eigenvalue weighted by Crippen LogP contribution is -2.29. The molecule has 0 heterocycles.